The number of nitrogens with zero attached hydrogens (tertiary/aromatic N) is 3. The van der Waals surface area contributed by atoms with E-state index in [1.807, 2.05) is 38.1 Å². The van der Waals surface area contributed by atoms with Crippen molar-refractivity contribution in [3.8, 4) is 6.07 Å². The molecule has 2 N–H and O–H groups in total. The van der Waals surface area contributed by atoms with Crippen LogP contribution in [0.1, 0.15) is 36.6 Å². The van der Waals surface area contributed by atoms with E-state index in [0.29, 0.717) is 17.9 Å². The van der Waals surface area contributed by atoms with Crippen molar-refractivity contribution in [1.29, 1.82) is 5.26 Å². The number of hydrogen-bond acceptors (Lipinski definition) is 3. The molecule has 0 aliphatic rings. The fourth-order valence-electron chi connectivity index (χ4n) is 1.90. The van der Waals surface area contributed by atoms with Gasteiger partial charge in [0.05, 0.1) is 12.2 Å². The molecule has 0 saturated carbocycles. The second kappa shape index (κ2) is 5.45. The van der Waals surface area contributed by atoms with Crippen LogP contribution in [0.2, 0.25) is 0 Å². The van der Waals surface area contributed by atoms with Crippen LogP contribution in [0.3, 0.4) is 0 Å². The average molecular weight is 319 g/mol. The summed E-state index contributed by atoms with van der Waals surface area (Å²) in [7, 11) is 0. The summed E-state index contributed by atoms with van der Waals surface area (Å²) in [5.74, 6) is 0.622. The van der Waals surface area contributed by atoms with Crippen molar-refractivity contribution in [2.24, 2.45) is 0 Å². The van der Waals surface area contributed by atoms with E-state index in [0.717, 1.165) is 15.7 Å². The third-order valence-electron chi connectivity index (χ3n) is 2.92. The van der Waals surface area contributed by atoms with E-state index in [4.69, 9.17) is 5.73 Å². The molecule has 5 heteroatoms. The number of nitriles is 1. The normalized spacial score (nSPS) is 10.7. The maximum atomic E-state index is 9.17. The van der Waals surface area contributed by atoms with E-state index in [-0.39, 0.29) is 5.92 Å². The topological polar surface area (TPSA) is 67.6 Å². The SMILES string of the molecule is CC(C)c1nn(Cc2ccc(Br)cc2)c(N)c1C#N. The lowest BCUT2D eigenvalue weighted by molar-refractivity contribution is 0.664. The Balaban J connectivity index is 2.36. The number of aromatic nitrogens is 2. The first kappa shape index (κ1) is 13.6. The lowest BCUT2D eigenvalue weighted by atomic mass is 10.1. The van der Waals surface area contributed by atoms with Gasteiger partial charge in [-0.25, -0.2) is 4.68 Å². The third kappa shape index (κ3) is 2.79. The number of nitrogen functional groups attached to an aromatic ring is 1. The Labute approximate surface area is 121 Å². The van der Waals surface area contributed by atoms with Gasteiger partial charge in [0.1, 0.15) is 17.5 Å². The number of nitrogens with two attached hydrogens (primary N) is 1. The van der Waals surface area contributed by atoms with Crippen LogP contribution in [-0.4, -0.2) is 9.78 Å². The van der Waals surface area contributed by atoms with Crippen molar-refractivity contribution in [3.05, 3.63) is 45.6 Å². The molecule has 0 radical (unpaired) electrons. The van der Waals surface area contributed by atoms with Crippen LogP contribution in [-0.2, 0) is 6.54 Å². The second-order valence-corrected chi connectivity index (χ2v) is 5.61. The highest BCUT2D eigenvalue weighted by molar-refractivity contribution is 9.10. The molecule has 0 aliphatic carbocycles. The molecule has 1 aromatic carbocycles. The Bertz CT molecular complexity index is 620. The number of rotatable bonds is 3. The van der Waals surface area contributed by atoms with Crippen molar-refractivity contribution in [3.63, 3.8) is 0 Å². The highest BCUT2D eigenvalue weighted by Gasteiger charge is 2.17. The summed E-state index contributed by atoms with van der Waals surface area (Å²) in [6.07, 6.45) is 0. The largest absolute Gasteiger partial charge is 0.383 e. The molecule has 0 fully saturated rings. The Kier molecular flexibility index (Phi) is 3.91. The van der Waals surface area contributed by atoms with Crippen LogP contribution < -0.4 is 5.73 Å². The zero-order valence-electron chi connectivity index (χ0n) is 10.9. The van der Waals surface area contributed by atoms with Gasteiger partial charge in [-0.3, -0.25) is 0 Å². The minimum absolute atomic E-state index is 0.183. The molecule has 1 heterocycles. The van der Waals surface area contributed by atoms with Gasteiger partial charge in [-0.05, 0) is 23.6 Å². The Morgan fingerprint density at radius 3 is 2.47 bits per heavy atom. The number of halogens is 1. The van der Waals surface area contributed by atoms with Crippen LogP contribution in [0, 0.1) is 11.3 Å². The van der Waals surface area contributed by atoms with E-state index in [1.54, 1.807) is 4.68 Å². The zero-order valence-corrected chi connectivity index (χ0v) is 12.5. The molecule has 1 aromatic heterocycles. The molecule has 98 valence electrons. The van der Waals surface area contributed by atoms with Gasteiger partial charge in [0.15, 0.2) is 0 Å². The van der Waals surface area contributed by atoms with Gasteiger partial charge in [0.2, 0.25) is 0 Å². The van der Waals surface area contributed by atoms with E-state index in [1.165, 1.54) is 0 Å². The molecule has 2 rings (SSSR count). The molecule has 0 spiro atoms. The van der Waals surface area contributed by atoms with E-state index >= 15 is 0 Å². The first-order valence-corrected chi connectivity index (χ1v) is 6.83. The van der Waals surface area contributed by atoms with E-state index in [9.17, 15) is 5.26 Å². The van der Waals surface area contributed by atoms with E-state index in [2.05, 4.69) is 27.1 Å². The van der Waals surface area contributed by atoms with Crippen LogP contribution in [0.5, 0.6) is 0 Å². The van der Waals surface area contributed by atoms with Crippen molar-refractivity contribution in [2.75, 3.05) is 5.73 Å². The van der Waals surface area contributed by atoms with Gasteiger partial charge in [-0.1, -0.05) is 41.9 Å². The molecule has 0 bridgehead atoms. The van der Waals surface area contributed by atoms with Crippen molar-refractivity contribution in [2.45, 2.75) is 26.3 Å². The van der Waals surface area contributed by atoms with Gasteiger partial charge >= 0.3 is 0 Å². The number of anilines is 1. The van der Waals surface area contributed by atoms with Gasteiger partial charge in [0, 0.05) is 4.47 Å². The fourth-order valence-corrected chi connectivity index (χ4v) is 2.16. The summed E-state index contributed by atoms with van der Waals surface area (Å²) in [6.45, 7) is 4.58. The lowest BCUT2D eigenvalue weighted by Crippen LogP contribution is -2.06. The minimum atomic E-state index is 0.183. The highest BCUT2D eigenvalue weighted by atomic mass is 79.9. The molecule has 19 heavy (non-hydrogen) atoms. The predicted molar refractivity (Wildman–Crippen MR) is 78.7 cm³/mol. The smallest absolute Gasteiger partial charge is 0.140 e. The molecular weight excluding hydrogens is 304 g/mol. The Morgan fingerprint density at radius 2 is 2.00 bits per heavy atom. The number of hydrogen-bond donors (Lipinski definition) is 1. The molecule has 2 aromatic rings. The maximum Gasteiger partial charge on any atom is 0.140 e. The molecule has 0 amide bonds. The summed E-state index contributed by atoms with van der Waals surface area (Å²) in [5.41, 5.74) is 8.35. The van der Waals surface area contributed by atoms with E-state index < -0.39 is 0 Å². The molecule has 0 atom stereocenters. The van der Waals surface area contributed by atoms with Crippen LogP contribution in [0.4, 0.5) is 5.82 Å². The molecule has 0 aliphatic heterocycles. The fraction of sp³-hybridized carbons (Fsp3) is 0.286. The van der Waals surface area contributed by atoms with Gasteiger partial charge in [-0.2, -0.15) is 10.4 Å². The third-order valence-corrected chi connectivity index (χ3v) is 3.45. The van der Waals surface area contributed by atoms with Crippen LogP contribution in [0.15, 0.2) is 28.7 Å². The lowest BCUT2D eigenvalue weighted by Gasteiger charge is -2.04. The summed E-state index contributed by atoms with van der Waals surface area (Å²) in [6, 6.07) is 10.1. The Hall–Kier alpha value is -1.80. The summed E-state index contributed by atoms with van der Waals surface area (Å²) >= 11 is 3.40. The standard InChI is InChI=1S/C14H15BrN4/c1-9(2)13-12(7-16)14(17)19(18-13)8-10-3-5-11(15)6-4-10/h3-6,9H,8,17H2,1-2H3. The highest BCUT2D eigenvalue weighted by Crippen LogP contribution is 2.23. The second-order valence-electron chi connectivity index (χ2n) is 4.70. The van der Waals surface area contributed by atoms with Crippen LogP contribution in [0.25, 0.3) is 0 Å². The van der Waals surface area contributed by atoms with Crippen molar-refractivity contribution >= 4 is 21.7 Å². The maximum absolute atomic E-state index is 9.17. The first-order chi connectivity index (χ1) is 9.02. The van der Waals surface area contributed by atoms with Gasteiger partial charge < -0.3 is 5.73 Å². The van der Waals surface area contributed by atoms with Gasteiger partial charge in [-0.15, -0.1) is 0 Å². The number of benzene rings is 1. The van der Waals surface area contributed by atoms with Crippen molar-refractivity contribution in [1.82, 2.24) is 9.78 Å². The minimum Gasteiger partial charge on any atom is -0.383 e. The average Bonchev–Trinajstić information content (AvgIpc) is 2.69. The molecule has 0 saturated heterocycles. The Morgan fingerprint density at radius 1 is 1.37 bits per heavy atom. The van der Waals surface area contributed by atoms with Crippen molar-refractivity contribution < 1.29 is 0 Å². The van der Waals surface area contributed by atoms with Gasteiger partial charge in [0.25, 0.3) is 0 Å². The summed E-state index contributed by atoms with van der Waals surface area (Å²) in [5, 5.41) is 13.6. The predicted octanol–water partition coefficient (Wildman–Crippen LogP) is 3.27. The monoisotopic (exact) mass is 318 g/mol. The molecule has 0 unspecified atom stereocenters. The summed E-state index contributed by atoms with van der Waals surface area (Å²) < 4.78 is 2.72. The molecular formula is C14H15BrN4. The first-order valence-electron chi connectivity index (χ1n) is 6.03. The van der Waals surface area contributed by atoms with Crippen LogP contribution >= 0.6 is 15.9 Å². The molecule has 4 nitrogen and oxygen atoms in total. The zero-order chi connectivity index (χ0) is 14.0. The quantitative estimate of drug-likeness (QED) is 0.944. The summed E-state index contributed by atoms with van der Waals surface area (Å²) in [4.78, 5) is 0.